The van der Waals surface area contributed by atoms with Crippen molar-refractivity contribution in [1.29, 1.82) is 0 Å². The Hall–Kier alpha value is -2.85. The van der Waals surface area contributed by atoms with Crippen LogP contribution in [0.3, 0.4) is 0 Å². The van der Waals surface area contributed by atoms with Gasteiger partial charge in [-0.3, -0.25) is 0 Å². The van der Waals surface area contributed by atoms with Crippen LogP contribution in [-0.4, -0.2) is 16.7 Å². The summed E-state index contributed by atoms with van der Waals surface area (Å²) in [6.07, 6.45) is 4.67. The zero-order chi connectivity index (χ0) is 21.5. The maximum atomic E-state index is 6.21. The average molecular weight is 422 g/mol. The second-order valence-electron chi connectivity index (χ2n) is 7.43. The molecular formula is C25H28ClN3O. The summed E-state index contributed by atoms with van der Waals surface area (Å²) in [4.78, 5) is 4.48. The number of allylic oxidation sites excluding steroid dienone is 1. The number of aromatic nitrogens is 2. The first-order valence-corrected chi connectivity index (χ1v) is 10.6. The Labute approximate surface area is 183 Å². The molecule has 0 aliphatic heterocycles. The lowest BCUT2D eigenvalue weighted by atomic mass is 9.97. The van der Waals surface area contributed by atoms with Gasteiger partial charge in [0.1, 0.15) is 0 Å². The normalized spacial score (nSPS) is 11.5. The Morgan fingerprint density at radius 3 is 2.80 bits per heavy atom. The largest absolute Gasteiger partial charge is 0.382 e. The van der Waals surface area contributed by atoms with Crippen molar-refractivity contribution in [2.24, 2.45) is 0 Å². The van der Waals surface area contributed by atoms with Crippen LogP contribution < -0.4 is 5.32 Å². The van der Waals surface area contributed by atoms with Crippen LogP contribution in [0.1, 0.15) is 53.7 Å². The predicted molar refractivity (Wildman–Crippen MR) is 124 cm³/mol. The number of aryl methyl sites for hydroxylation is 2. The predicted octanol–water partition coefficient (Wildman–Crippen LogP) is 6.37. The van der Waals surface area contributed by atoms with Crippen molar-refractivity contribution >= 4 is 22.9 Å². The van der Waals surface area contributed by atoms with E-state index in [9.17, 15) is 0 Å². The van der Waals surface area contributed by atoms with Gasteiger partial charge in [-0.1, -0.05) is 72.2 Å². The van der Waals surface area contributed by atoms with Gasteiger partial charge in [0.15, 0.2) is 0 Å². The van der Waals surface area contributed by atoms with Crippen LogP contribution in [0.5, 0.6) is 0 Å². The van der Waals surface area contributed by atoms with E-state index in [1.807, 2.05) is 18.2 Å². The van der Waals surface area contributed by atoms with Gasteiger partial charge in [0.2, 0.25) is 11.7 Å². The number of hydrogen-bond donors (Lipinski definition) is 1. The maximum Gasteiger partial charge on any atom is 0.231 e. The average Bonchev–Trinajstić information content (AvgIpc) is 3.18. The van der Waals surface area contributed by atoms with Crippen molar-refractivity contribution < 1.29 is 4.52 Å². The summed E-state index contributed by atoms with van der Waals surface area (Å²) in [6.45, 7) is 11.1. The van der Waals surface area contributed by atoms with Crippen LogP contribution in [0.15, 0.2) is 59.6 Å². The van der Waals surface area contributed by atoms with Crippen molar-refractivity contribution in [2.45, 2.75) is 40.0 Å². The van der Waals surface area contributed by atoms with Crippen molar-refractivity contribution in [3.63, 3.8) is 0 Å². The minimum atomic E-state index is 0.498. The van der Waals surface area contributed by atoms with E-state index in [1.165, 1.54) is 22.3 Å². The Kier molecular flexibility index (Phi) is 7.47. The van der Waals surface area contributed by atoms with Gasteiger partial charge in [-0.15, -0.1) is 0 Å². The molecule has 0 unspecified atom stereocenters. The van der Waals surface area contributed by atoms with E-state index in [0.29, 0.717) is 23.8 Å². The monoisotopic (exact) mass is 421 g/mol. The summed E-state index contributed by atoms with van der Waals surface area (Å²) in [5.74, 6) is 1.08. The van der Waals surface area contributed by atoms with Crippen molar-refractivity contribution in [2.75, 3.05) is 6.54 Å². The van der Waals surface area contributed by atoms with Crippen LogP contribution in [0, 0.1) is 13.8 Å². The molecule has 0 fully saturated rings. The molecular weight excluding hydrogens is 394 g/mol. The molecule has 0 bridgehead atoms. The van der Waals surface area contributed by atoms with E-state index in [4.69, 9.17) is 16.1 Å². The van der Waals surface area contributed by atoms with Crippen molar-refractivity contribution in [3.8, 4) is 0 Å². The first-order chi connectivity index (χ1) is 14.5. The fourth-order valence-electron chi connectivity index (χ4n) is 3.41. The Bertz CT molecular complexity index is 1050. The molecule has 0 saturated heterocycles. The standard InChI is InChI=1S/C25H28ClN3O/c1-5-7-21(23-16-22(26)11-10-18(23)3)12-13-27-19(4)25-28-24(30-29-25)15-20-9-6-8-17(2)14-20/h6-11,14,16,27H,4-5,12-13,15H2,1-3H3/b21-7-. The zero-order valence-electron chi connectivity index (χ0n) is 17.8. The highest BCUT2D eigenvalue weighted by molar-refractivity contribution is 6.30. The summed E-state index contributed by atoms with van der Waals surface area (Å²) in [5, 5.41) is 8.15. The summed E-state index contributed by atoms with van der Waals surface area (Å²) < 4.78 is 5.41. The minimum Gasteiger partial charge on any atom is -0.382 e. The lowest BCUT2D eigenvalue weighted by Crippen LogP contribution is -2.14. The van der Waals surface area contributed by atoms with Gasteiger partial charge in [-0.2, -0.15) is 4.98 Å². The summed E-state index contributed by atoms with van der Waals surface area (Å²) in [6, 6.07) is 14.3. The van der Waals surface area contributed by atoms with Gasteiger partial charge in [0.25, 0.3) is 0 Å². The topological polar surface area (TPSA) is 51.0 Å². The smallest absolute Gasteiger partial charge is 0.231 e. The summed E-state index contributed by atoms with van der Waals surface area (Å²) in [7, 11) is 0. The van der Waals surface area contributed by atoms with E-state index in [2.05, 4.69) is 73.1 Å². The van der Waals surface area contributed by atoms with Crippen LogP contribution >= 0.6 is 11.6 Å². The van der Waals surface area contributed by atoms with E-state index in [1.54, 1.807) is 0 Å². The molecule has 2 aromatic carbocycles. The molecule has 1 aromatic heterocycles. The summed E-state index contributed by atoms with van der Waals surface area (Å²) in [5.41, 5.74) is 6.70. The number of halogens is 1. The molecule has 0 radical (unpaired) electrons. The highest BCUT2D eigenvalue weighted by Crippen LogP contribution is 2.26. The van der Waals surface area contributed by atoms with Crippen molar-refractivity contribution in [1.82, 2.24) is 15.5 Å². The van der Waals surface area contributed by atoms with E-state index in [0.717, 1.165) is 30.0 Å². The molecule has 0 aliphatic rings. The molecule has 1 N–H and O–H groups in total. The highest BCUT2D eigenvalue weighted by atomic mass is 35.5. The molecule has 4 nitrogen and oxygen atoms in total. The Morgan fingerprint density at radius 2 is 2.03 bits per heavy atom. The van der Waals surface area contributed by atoms with E-state index < -0.39 is 0 Å². The fraction of sp³-hybridized carbons (Fsp3) is 0.280. The van der Waals surface area contributed by atoms with E-state index >= 15 is 0 Å². The molecule has 0 atom stereocenters. The maximum absolute atomic E-state index is 6.21. The second-order valence-corrected chi connectivity index (χ2v) is 7.87. The van der Waals surface area contributed by atoms with E-state index in [-0.39, 0.29) is 0 Å². The molecule has 0 aliphatic carbocycles. The summed E-state index contributed by atoms with van der Waals surface area (Å²) >= 11 is 6.21. The van der Waals surface area contributed by atoms with Gasteiger partial charge in [0.05, 0.1) is 12.1 Å². The molecule has 3 aromatic rings. The fourth-order valence-corrected chi connectivity index (χ4v) is 3.58. The molecule has 0 spiro atoms. The number of nitrogens with zero attached hydrogens (tertiary/aromatic N) is 2. The van der Waals surface area contributed by atoms with Crippen LogP contribution in [0.2, 0.25) is 5.02 Å². The van der Waals surface area contributed by atoms with Crippen LogP contribution in [0.4, 0.5) is 0 Å². The van der Waals surface area contributed by atoms with Gasteiger partial charge < -0.3 is 9.84 Å². The van der Waals surface area contributed by atoms with Gasteiger partial charge >= 0.3 is 0 Å². The third kappa shape index (κ3) is 5.83. The third-order valence-electron chi connectivity index (χ3n) is 4.90. The highest BCUT2D eigenvalue weighted by Gasteiger charge is 2.11. The molecule has 1 heterocycles. The molecule has 156 valence electrons. The second kappa shape index (κ2) is 10.3. The van der Waals surface area contributed by atoms with Crippen LogP contribution in [0.25, 0.3) is 11.3 Å². The first kappa shape index (κ1) is 21.8. The lowest BCUT2D eigenvalue weighted by molar-refractivity contribution is 0.382. The molecule has 30 heavy (non-hydrogen) atoms. The lowest BCUT2D eigenvalue weighted by Gasteiger charge is -2.13. The minimum absolute atomic E-state index is 0.498. The number of benzene rings is 2. The van der Waals surface area contributed by atoms with Crippen molar-refractivity contribution in [3.05, 3.63) is 94.1 Å². The van der Waals surface area contributed by atoms with Gasteiger partial charge in [-0.25, -0.2) is 0 Å². The zero-order valence-corrected chi connectivity index (χ0v) is 18.6. The Morgan fingerprint density at radius 1 is 1.20 bits per heavy atom. The molecule has 0 amide bonds. The van der Waals surface area contributed by atoms with Gasteiger partial charge in [0, 0.05) is 11.6 Å². The number of hydrogen-bond acceptors (Lipinski definition) is 4. The third-order valence-corrected chi connectivity index (χ3v) is 5.14. The van der Waals surface area contributed by atoms with Gasteiger partial charge in [-0.05, 0) is 61.1 Å². The quantitative estimate of drug-likeness (QED) is 0.435. The SMILES string of the molecule is C=C(NCC/C(=C/CC)c1cc(Cl)ccc1C)c1noc(Cc2cccc(C)c2)n1. The number of rotatable bonds is 9. The Balaban J connectivity index is 1.59. The molecule has 3 rings (SSSR count). The first-order valence-electron chi connectivity index (χ1n) is 10.2. The van der Waals surface area contributed by atoms with Crippen LogP contribution in [-0.2, 0) is 6.42 Å². The molecule has 5 heteroatoms. The molecule has 0 saturated carbocycles. The number of nitrogens with one attached hydrogen (secondary N) is 1.